The molecule has 0 aromatic heterocycles. The summed E-state index contributed by atoms with van der Waals surface area (Å²) in [4.78, 5) is 0. The highest BCUT2D eigenvalue weighted by molar-refractivity contribution is 4.58. The summed E-state index contributed by atoms with van der Waals surface area (Å²) in [6.07, 6.45) is 0.477. The molecule has 2 heteroatoms. The van der Waals surface area contributed by atoms with E-state index in [1.807, 2.05) is 13.8 Å². The molecule has 0 aliphatic carbocycles. The Labute approximate surface area is 56.4 Å². The van der Waals surface area contributed by atoms with Crippen molar-refractivity contribution in [2.75, 3.05) is 6.54 Å². The second-order valence-corrected chi connectivity index (χ2v) is 2.80. The van der Waals surface area contributed by atoms with Gasteiger partial charge in [-0.05, 0) is 25.3 Å². The molecule has 0 aliphatic rings. The summed E-state index contributed by atoms with van der Waals surface area (Å²) < 4.78 is 12.6. The Kier molecular flexibility index (Phi) is 4.68. The molecule has 2 N–H and O–H groups in total. The summed E-state index contributed by atoms with van der Waals surface area (Å²) in [6.45, 7) is 4.50. The maximum atomic E-state index is 12.6. The van der Waals surface area contributed by atoms with Crippen LogP contribution in [0.15, 0.2) is 0 Å². The Bertz CT molecular complexity index is 63.9. The lowest BCUT2D eigenvalue weighted by atomic mass is 10.1. The van der Waals surface area contributed by atoms with Gasteiger partial charge in [-0.2, -0.15) is 0 Å². The Balaban J connectivity index is 3.15. The number of nitrogens with two attached hydrogens (primary N) is 1. The Morgan fingerprint density at radius 3 is 2.33 bits per heavy atom. The number of rotatable bonds is 4. The zero-order chi connectivity index (χ0) is 7.28. The number of halogens is 1. The lowest BCUT2D eigenvalue weighted by Crippen LogP contribution is -2.11. The second kappa shape index (κ2) is 4.74. The fourth-order valence-electron chi connectivity index (χ4n) is 0.810. The molecule has 0 aliphatic heterocycles. The van der Waals surface area contributed by atoms with E-state index in [0.29, 0.717) is 25.3 Å². The van der Waals surface area contributed by atoms with Gasteiger partial charge in [0.2, 0.25) is 0 Å². The summed E-state index contributed by atoms with van der Waals surface area (Å²) in [5.41, 5.74) is 5.17. The Hall–Kier alpha value is -0.110. The van der Waals surface area contributed by atoms with Gasteiger partial charge in [0, 0.05) is 0 Å². The highest BCUT2D eigenvalue weighted by Crippen LogP contribution is 2.09. The average Bonchev–Trinajstić information content (AvgIpc) is 1.63. The van der Waals surface area contributed by atoms with Crippen molar-refractivity contribution in [2.24, 2.45) is 11.7 Å². The summed E-state index contributed by atoms with van der Waals surface area (Å²) in [6, 6.07) is 0. The zero-order valence-corrected chi connectivity index (χ0v) is 6.23. The van der Waals surface area contributed by atoms with Gasteiger partial charge < -0.3 is 5.73 Å². The fourth-order valence-corrected chi connectivity index (χ4v) is 0.810. The van der Waals surface area contributed by atoms with Crippen molar-refractivity contribution in [3.63, 3.8) is 0 Å². The lowest BCUT2D eigenvalue weighted by Gasteiger charge is -2.07. The van der Waals surface area contributed by atoms with Gasteiger partial charge in [-0.15, -0.1) is 0 Å². The molecular formula is C7H16FN. The SMILES string of the molecule is CC(C)CC(F)CCN. The molecule has 0 spiro atoms. The summed E-state index contributed by atoms with van der Waals surface area (Å²) >= 11 is 0. The van der Waals surface area contributed by atoms with Gasteiger partial charge in [0.25, 0.3) is 0 Å². The molecule has 0 heterocycles. The predicted octanol–water partition coefficient (Wildman–Crippen LogP) is 1.72. The smallest absolute Gasteiger partial charge is 0.102 e. The van der Waals surface area contributed by atoms with Crippen LogP contribution in [-0.4, -0.2) is 12.7 Å². The molecule has 1 unspecified atom stereocenters. The van der Waals surface area contributed by atoms with Gasteiger partial charge in [-0.25, -0.2) is 4.39 Å². The molecule has 0 rings (SSSR count). The van der Waals surface area contributed by atoms with Crippen molar-refractivity contribution >= 4 is 0 Å². The van der Waals surface area contributed by atoms with E-state index in [9.17, 15) is 4.39 Å². The molecule has 0 saturated heterocycles. The van der Waals surface area contributed by atoms with Crippen LogP contribution in [0.3, 0.4) is 0 Å². The number of hydrogen-bond acceptors (Lipinski definition) is 1. The quantitative estimate of drug-likeness (QED) is 0.621. The fraction of sp³-hybridized carbons (Fsp3) is 1.00. The van der Waals surface area contributed by atoms with Crippen molar-refractivity contribution < 1.29 is 4.39 Å². The summed E-state index contributed by atoms with van der Waals surface area (Å²) in [7, 11) is 0. The predicted molar refractivity (Wildman–Crippen MR) is 38.0 cm³/mol. The topological polar surface area (TPSA) is 26.0 Å². The van der Waals surface area contributed by atoms with Crippen LogP contribution in [0.4, 0.5) is 4.39 Å². The van der Waals surface area contributed by atoms with E-state index in [4.69, 9.17) is 5.73 Å². The zero-order valence-electron chi connectivity index (χ0n) is 6.23. The van der Waals surface area contributed by atoms with Crippen LogP contribution in [0, 0.1) is 5.92 Å². The minimum atomic E-state index is -0.685. The van der Waals surface area contributed by atoms with Gasteiger partial charge >= 0.3 is 0 Å². The van der Waals surface area contributed by atoms with E-state index in [1.54, 1.807) is 0 Å². The maximum Gasteiger partial charge on any atom is 0.102 e. The highest BCUT2D eigenvalue weighted by atomic mass is 19.1. The molecular weight excluding hydrogens is 117 g/mol. The van der Waals surface area contributed by atoms with Crippen LogP contribution in [0.5, 0.6) is 0 Å². The van der Waals surface area contributed by atoms with Crippen LogP contribution in [-0.2, 0) is 0 Å². The average molecular weight is 133 g/mol. The third-order valence-electron chi connectivity index (χ3n) is 1.21. The Morgan fingerprint density at radius 1 is 1.44 bits per heavy atom. The molecule has 0 fully saturated rings. The molecule has 9 heavy (non-hydrogen) atoms. The molecule has 0 aromatic rings. The van der Waals surface area contributed by atoms with Crippen molar-refractivity contribution in [2.45, 2.75) is 32.9 Å². The normalized spacial score (nSPS) is 14.3. The maximum absolute atomic E-state index is 12.6. The van der Waals surface area contributed by atoms with E-state index in [1.165, 1.54) is 0 Å². The summed E-state index contributed by atoms with van der Waals surface area (Å²) in [5, 5.41) is 0. The van der Waals surface area contributed by atoms with Crippen LogP contribution < -0.4 is 5.73 Å². The van der Waals surface area contributed by atoms with Crippen molar-refractivity contribution in [3.05, 3.63) is 0 Å². The summed E-state index contributed by atoms with van der Waals surface area (Å²) in [5.74, 6) is 0.451. The van der Waals surface area contributed by atoms with E-state index in [2.05, 4.69) is 0 Å². The molecule has 1 nitrogen and oxygen atoms in total. The molecule has 1 atom stereocenters. The molecule has 0 amide bonds. The van der Waals surface area contributed by atoms with Crippen LogP contribution >= 0.6 is 0 Å². The van der Waals surface area contributed by atoms with Gasteiger partial charge in [0.05, 0.1) is 0 Å². The monoisotopic (exact) mass is 133 g/mol. The third kappa shape index (κ3) is 5.77. The van der Waals surface area contributed by atoms with Crippen molar-refractivity contribution in [3.8, 4) is 0 Å². The van der Waals surface area contributed by atoms with E-state index in [0.717, 1.165) is 0 Å². The van der Waals surface area contributed by atoms with E-state index >= 15 is 0 Å². The minimum absolute atomic E-state index is 0.451. The van der Waals surface area contributed by atoms with Gasteiger partial charge in [-0.3, -0.25) is 0 Å². The van der Waals surface area contributed by atoms with Crippen LogP contribution in [0.2, 0.25) is 0 Å². The number of alkyl halides is 1. The van der Waals surface area contributed by atoms with E-state index in [-0.39, 0.29) is 0 Å². The minimum Gasteiger partial charge on any atom is -0.330 e. The molecule has 56 valence electrons. The third-order valence-corrected chi connectivity index (χ3v) is 1.21. The first-order chi connectivity index (χ1) is 4.16. The highest BCUT2D eigenvalue weighted by Gasteiger charge is 2.06. The standard InChI is InChI=1S/C7H16FN/c1-6(2)5-7(8)3-4-9/h6-7H,3-5,9H2,1-2H3. The van der Waals surface area contributed by atoms with Crippen LogP contribution in [0.25, 0.3) is 0 Å². The molecule has 0 aromatic carbocycles. The van der Waals surface area contributed by atoms with Crippen molar-refractivity contribution in [1.29, 1.82) is 0 Å². The largest absolute Gasteiger partial charge is 0.330 e. The first-order valence-electron chi connectivity index (χ1n) is 3.51. The van der Waals surface area contributed by atoms with E-state index < -0.39 is 6.17 Å². The number of hydrogen-bond donors (Lipinski definition) is 1. The van der Waals surface area contributed by atoms with Crippen LogP contribution in [0.1, 0.15) is 26.7 Å². The first-order valence-corrected chi connectivity index (χ1v) is 3.51. The molecule has 0 radical (unpaired) electrons. The molecule has 0 bridgehead atoms. The van der Waals surface area contributed by atoms with Gasteiger partial charge in [-0.1, -0.05) is 13.8 Å². The first kappa shape index (κ1) is 8.89. The molecule has 0 saturated carbocycles. The Morgan fingerprint density at radius 2 is 2.00 bits per heavy atom. The lowest BCUT2D eigenvalue weighted by molar-refractivity contribution is 0.270. The van der Waals surface area contributed by atoms with Crippen molar-refractivity contribution in [1.82, 2.24) is 0 Å². The second-order valence-electron chi connectivity index (χ2n) is 2.80. The van der Waals surface area contributed by atoms with Gasteiger partial charge in [0.1, 0.15) is 6.17 Å². The van der Waals surface area contributed by atoms with Gasteiger partial charge in [0.15, 0.2) is 0 Å².